The fourth-order valence-electron chi connectivity index (χ4n) is 2.17. The van der Waals surface area contributed by atoms with E-state index in [4.69, 9.17) is 14.2 Å². The van der Waals surface area contributed by atoms with Crippen molar-refractivity contribution < 1.29 is 19.0 Å². The van der Waals surface area contributed by atoms with Crippen molar-refractivity contribution >= 4 is 5.97 Å². The van der Waals surface area contributed by atoms with E-state index in [2.05, 4.69) is 5.32 Å². The number of hydrogen-bond donors (Lipinski definition) is 1. The Labute approximate surface area is 125 Å². The van der Waals surface area contributed by atoms with Crippen molar-refractivity contribution in [3.63, 3.8) is 0 Å². The zero-order chi connectivity index (χ0) is 14.8. The first kappa shape index (κ1) is 15.8. The van der Waals surface area contributed by atoms with Crippen molar-refractivity contribution in [2.45, 2.75) is 25.4 Å². The standard InChI is InChI=1S/C16H23NO4/c18-16(8-11-19-15-6-9-17-10-7-15)21-13-12-20-14-4-2-1-3-5-14/h1-5,15,17H,6-13H2. The van der Waals surface area contributed by atoms with Gasteiger partial charge in [-0.15, -0.1) is 0 Å². The first-order valence-corrected chi connectivity index (χ1v) is 7.50. The topological polar surface area (TPSA) is 56.8 Å². The quantitative estimate of drug-likeness (QED) is 0.585. The van der Waals surface area contributed by atoms with Crippen molar-refractivity contribution in [2.24, 2.45) is 0 Å². The van der Waals surface area contributed by atoms with Crippen LogP contribution in [0.4, 0.5) is 0 Å². The molecule has 1 aromatic rings. The molecule has 1 aliphatic heterocycles. The highest BCUT2D eigenvalue weighted by Gasteiger charge is 2.13. The summed E-state index contributed by atoms with van der Waals surface area (Å²) in [6.07, 6.45) is 2.61. The average molecular weight is 293 g/mol. The molecule has 116 valence electrons. The fourth-order valence-corrected chi connectivity index (χ4v) is 2.17. The van der Waals surface area contributed by atoms with Crippen LogP contribution in [0.5, 0.6) is 5.75 Å². The first-order valence-electron chi connectivity index (χ1n) is 7.50. The van der Waals surface area contributed by atoms with Gasteiger partial charge in [-0.05, 0) is 38.1 Å². The van der Waals surface area contributed by atoms with Gasteiger partial charge in [-0.3, -0.25) is 4.79 Å². The van der Waals surface area contributed by atoms with E-state index in [1.54, 1.807) is 0 Å². The molecular formula is C16H23NO4. The number of benzene rings is 1. The van der Waals surface area contributed by atoms with E-state index in [-0.39, 0.29) is 18.7 Å². The van der Waals surface area contributed by atoms with Crippen molar-refractivity contribution in [2.75, 3.05) is 32.9 Å². The Hall–Kier alpha value is -1.59. The molecule has 0 aromatic heterocycles. The lowest BCUT2D eigenvalue weighted by Gasteiger charge is -2.22. The first-order chi connectivity index (χ1) is 10.3. The van der Waals surface area contributed by atoms with Gasteiger partial charge in [0.15, 0.2) is 0 Å². The Morgan fingerprint density at radius 1 is 1.10 bits per heavy atom. The summed E-state index contributed by atoms with van der Waals surface area (Å²) < 4.78 is 16.2. The number of nitrogens with one attached hydrogen (secondary N) is 1. The van der Waals surface area contributed by atoms with Crippen molar-refractivity contribution in [3.05, 3.63) is 30.3 Å². The molecule has 0 aliphatic carbocycles. The molecule has 1 aliphatic rings. The second-order valence-electron chi connectivity index (χ2n) is 4.95. The molecule has 2 rings (SSSR count). The van der Waals surface area contributed by atoms with E-state index in [9.17, 15) is 4.79 Å². The van der Waals surface area contributed by atoms with Crippen LogP contribution >= 0.6 is 0 Å². The van der Waals surface area contributed by atoms with Crippen LogP contribution in [0.25, 0.3) is 0 Å². The van der Waals surface area contributed by atoms with E-state index in [0.29, 0.717) is 19.6 Å². The summed E-state index contributed by atoms with van der Waals surface area (Å²) >= 11 is 0. The predicted octanol–water partition coefficient (Wildman–Crippen LogP) is 1.77. The minimum atomic E-state index is -0.236. The summed E-state index contributed by atoms with van der Waals surface area (Å²) in [6, 6.07) is 9.47. The van der Waals surface area contributed by atoms with E-state index >= 15 is 0 Å². The monoisotopic (exact) mass is 293 g/mol. The van der Waals surface area contributed by atoms with Gasteiger partial charge < -0.3 is 19.5 Å². The molecule has 1 N–H and O–H groups in total. The molecular weight excluding hydrogens is 270 g/mol. The number of rotatable bonds is 8. The number of para-hydroxylation sites is 1. The Morgan fingerprint density at radius 3 is 2.62 bits per heavy atom. The van der Waals surface area contributed by atoms with Crippen LogP contribution in [0.15, 0.2) is 30.3 Å². The van der Waals surface area contributed by atoms with Crippen LogP contribution in [-0.2, 0) is 14.3 Å². The maximum atomic E-state index is 11.5. The molecule has 21 heavy (non-hydrogen) atoms. The zero-order valence-corrected chi connectivity index (χ0v) is 12.3. The smallest absolute Gasteiger partial charge is 0.308 e. The molecule has 0 amide bonds. The van der Waals surface area contributed by atoms with Crippen molar-refractivity contribution in [1.29, 1.82) is 0 Å². The number of piperidine rings is 1. The number of esters is 1. The second kappa shape index (κ2) is 9.37. The van der Waals surface area contributed by atoms with Gasteiger partial charge in [0.25, 0.3) is 0 Å². The molecule has 5 heteroatoms. The number of carbonyl (C=O) groups is 1. The summed E-state index contributed by atoms with van der Waals surface area (Å²) in [5.74, 6) is 0.545. The summed E-state index contributed by atoms with van der Waals surface area (Å²) in [5.41, 5.74) is 0. The molecule has 1 heterocycles. The van der Waals surface area contributed by atoms with Gasteiger partial charge in [-0.25, -0.2) is 0 Å². The van der Waals surface area contributed by atoms with Gasteiger partial charge in [-0.1, -0.05) is 18.2 Å². The summed E-state index contributed by atoms with van der Waals surface area (Å²) in [5, 5.41) is 3.28. The van der Waals surface area contributed by atoms with Gasteiger partial charge in [0.2, 0.25) is 0 Å². The molecule has 0 unspecified atom stereocenters. The highest BCUT2D eigenvalue weighted by Crippen LogP contribution is 2.08. The van der Waals surface area contributed by atoms with Crippen LogP contribution in [0.3, 0.4) is 0 Å². The molecule has 0 atom stereocenters. The largest absolute Gasteiger partial charge is 0.490 e. The number of ether oxygens (including phenoxy) is 3. The third-order valence-corrected chi connectivity index (χ3v) is 3.30. The van der Waals surface area contributed by atoms with Gasteiger partial charge >= 0.3 is 5.97 Å². The SMILES string of the molecule is O=C(CCOC1CCNCC1)OCCOc1ccccc1. The van der Waals surface area contributed by atoms with E-state index in [1.165, 1.54) is 0 Å². The van der Waals surface area contributed by atoms with Crippen LogP contribution in [0, 0.1) is 0 Å². The minimum absolute atomic E-state index is 0.236. The molecule has 1 aromatic carbocycles. The predicted molar refractivity (Wildman–Crippen MR) is 79.4 cm³/mol. The Bertz CT molecular complexity index is 404. The molecule has 0 radical (unpaired) electrons. The summed E-state index contributed by atoms with van der Waals surface area (Å²) in [6.45, 7) is 3.05. The lowest BCUT2D eigenvalue weighted by molar-refractivity contribution is -0.146. The van der Waals surface area contributed by atoms with Gasteiger partial charge in [-0.2, -0.15) is 0 Å². The number of carbonyl (C=O) groups excluding carboxylic acids is 1. The van der Waals surface area contributed by atoms with Crippen molar-refractivity contribution in [1.82, 2.24) is 5.32 Å². The Balaban J connectivity index is 1.47. The van der Waals surface area contributed by atoms with E-state index in [0.717, 1.165) is 31.7 Å². The molecule has 5 nitrogen and oxygen atoms in total. The summed E-state index contributed by atoms with van der Waals surface area (Å²) in [4.78, 5) is 11.5. The maximum absolute atomic E-state index is 11.5. The molecule has 0 bridgehead atoms. The van der Waals surface area contributed by atoms with Crippen LogP contribution in [0.2, 0.25) is 0 Å². The van der Waals surface area contributed by atoms with E-state index in [1.807, 2.05) is 30.3 Å². The summed E-state index contributed by atoms with van der Waals surface area (Å²) in [7, 11) is 0. The third-order valence-electron chi connectivity index (χ3n) is 3.30. The lowest BCUT2D eigenvalue weighted by Crippen LogP contribution is -2.32. The second-order valence-corrected chi connectivity index (χ2v) is 4.95. The fraction of sp³-hybridized carbons (Fsp3) is 0.562. The minimum Gasteiger partial charge on any atom is -0.490 e. The van der Waals surface area contributed by atoms with Gasteiger partial charge in [0.05, 0.1) is 19.1 Å². The highest BCUT2D eigenvalue weighted by atomic mass is 16.6. The average Bonchev–Trinajstić information content (AvgIpc) is 2.54. The molecule has 0 saturated carbocycles. The highest BCUT2D eigenvalue weighted by molar-refractivity contribution is 5.69. The normalized spacial score (nSPS) is 15.6. The molecule has 1 saturated heterocycles. The van der Waals surface area contributed by atoms with Crippen LogP contribution in [0.1, 0.15) is 19.3 Å². The van der Waals surface area contributed by atoms with E-state index < -0.39 is 0 Å². The number of hydrogen-bond acceptors (Lipinski definition) is 5. The van der Waals surface area contributed by atoms with Crippen LogP contribution in [-0.4, -0.2) is 45.0 Å². The molecule has 0 spiro atoms. The van der Waals surface area contributed by atoms with Crippen LogP contribution < -0.4 is 10.1 Å². The lowest BCUT2D eigenvalue weighted by atomic mass is 10.1. The molecule has 1 fully saturated rings. The Morgan fingerprint density at radius 2 is 1.86 bits per heavy atom. The van der Waals surface area contributed by atoms with Crippen molar-refractivity contribution in [3.8, 4) is 5.75 Å². The Kier molecular flexibility index (Phi) is 7.04. The maximum Gasteiger partial charge on any atom is 0.308 e. The van der Waals surface area contributed by atoms with Gasteiger partial charge in [0.1, 0.15) is 19.0 Å². The van der Waals surface area contributed by atoms with Gasteiger partial charge in [0, 0.05) is 0 Å². The third kappa shape index (κ3) is 6.60. The zero-order valence-electron chi connectivity index (χ0n) is 12.3.